The molecular formula is C56H89NO7. The molecule has 64 heavy (non-hydrogen) atoms. The second-order valence-corrected chi connectivity index (χ2v) is 17.1. The van der Waals surface area contributed by atoms with E-state index in [1.807, 2.05) is 60.8 Å². The van der Waals surface area contributed by atoms with Gasteiger partial charge in [0.05, 0.1) is 40.3 Å². The highest BCUT2D eigenvalue weighted by Gasteiger charge is 2.25. The molecule has 360 valence electrons. The van der Waals surface area contributed by atoms with Crippen LogP contribution in [0.15, 0.2) is 122 Å². The van der Waals surface area contributed by atoms with Crippen LogP contribution >= 0.6 is 0 Å². The molecule has 0 rings (SSSR count). The minimum Gasteiger partial charge on any atom is -0.544 e. The lowest BCUT2D eigenvalue weighted by molar-refractivity contribution is -0.889. The van der Waals surface area contributed by atoms with Crippen LogP contribution in [0.3, 0.4) is 0 Å². The Morgan fingerprint density at radius 2 is 0.906 bits per heavy atom. The maximum Gasteiger partial charge on any atom is 0.306 e. The second-order valence-electron chi connectivity index (χ2n) is 17.1. The highest BCUT2D eigenvalue weighted by Crippen LogP contribution is 2.14. The standard InChI is InChI=1S/C56H89NO7/c1-6-8-10-12-14-16-18-20-22-24-25-26-27-28-29-31-32-34-36-38-40-42-44-46-54(58)63-51-52(50-62-49-48-53(56(60)61)57(3,4)5)64-55(59)47-45-43-41-39-37-35-33-30-23-21-19-17-15-13-11-9-7-2/h8-11,13-17,19-23,25-26,30,33,35,37,52-53H,6-7,12,18,24,27-29,31-32,34,36,38-51H2,1-5H3/b10-8+,11-9+,15-13+,16-14+,19-17+,22-20+,23-21+,26-25+,33-30+,37-35+. The van der Waals surface area contributed by atoms with Crippen molar-refractivity contribution >= 4 is 17.9 Å². The molecule has 0 radical (unpaired) electrons. The van der Waals surface area contributed by atoms with Gasteiger partial charge in [0.2, 0.25) is 0 Å². The normalized spacial score (nSPS) is 14.0. The van der Waals surface area contributed by atoms with Crippen molar-refractivity contribution < 1.29 is 38.2 Å². The third-order valence-electron chi connectivity index (χ3n) is 10.3. The summed E-state index contributed by atoms with van der Waals surface area (Å²) >= 11 is 0. The lowest BCUT2D eigenvalue weighted by Gasteiger charge is -2.34. The van der Waals surface area contributed by atoms with Crippen LogP contribution in [0.1, 0.15) is 162 Å². The van der Waals surface area contributed by atoms with Crippen LogP contribution in [-0.4, -0.2) is 75.5 Å². The summed E-state index contributed by atoms with van der Waals surface area (Å²) in [6.07, 6.45) is 63.7. The maximum atomic E-state index is 12.8. The molecule has 0 spiro atoms. The van der Waals surface area contributed by atoms with E-state index < -0.39 is 18.1 Å². The summed E-state index contributed by atoms with van der Waals surface area (Å²) in [7, 11) is 5.38. The van der Waals surface area contributed by atoms with Crippen LogP contribution < -0.4 is 5.11 Å². The third kappa shape index (κ3) is 43.0. The molecule has 0 saturated carbocycles. The number of carbonyl (C=O) groups is 3. The van der Waals surface area contributed by atoms with Gasteiger partial charge in [0.1, 0.15) is 12.6 Å². The summed E-state index contributed by atoms with van der Waals surface area (Å²) in [5, 5.41) is 11.7. The first-order valence-corrected chi connectivity index (χ1v) is 24.6. The summed E-state index contributed by atoms with van der Waals surface area (Å²) in [6, 6.07) is -0.743. The maximum absolute atomic E-state index is 12.8. The Labute approximate surface area is 391 Å². The molecule has 0 aliphatic heterocycles. The fourth-order valence-electron chi connectivity index (χ4n) is 6.50. The van der Waals surface area contributed by atoms with E-state index in [9.17, 15) is 19.5 Å². The average molecular weight is 888 g/mol. The molecule has 8 heteroatoms. The van der Waals surface area contributed by atoms with Gasteiger partial charge in [0, 0.05) is 19.3 Å². The van der Waals surface area contributed by atoms with Gasteiger partial charge in [-0.05, 0) is 70.6 Å². The first-order valence-electron chi connectivity index (χ1n) is 24.6. The van der Waals surface area contributed by atoms with Crippen molar-refractivity contribution in [2.24, 2.45) is 0 Å². The minimum absolute atomic E-state index is 0.0126. The number of carboxylic acid groups (broad SMARTS) is 1. The highest BCUT2D eigenvalue weighted by molar-refractivity contribution is 5.70. The topological polar surface area (TPSA) is 102 Å². The Morgan fingerprint density at radius 1 is 0.484 bits per heavy atom. The largest absolute Gasteiger partial charge is 0.544 e. The molecule has 0 amide bonds. The van der Waals surface area contributed by atoms with Gasteiger partial charge in [-0.1, -0.05) is 193 Å². The SMILES string of the molecule is CC/C=C/C=C/C=C/C=C/C=C/C=C/CCCCCC(=O)OC(COCCC(C(=O)[O-])[N+](C)(C)C)COC(=O)CCCCCCCCCCCC/C=C/C/C=C/C/C=C/C/C=C/CC. The van der Waals surface area contributed by atoms with E-state index in [-0.39, 0.29) is 49.1 Å². The molecule has 2 atom stereocenters. The summed E-state index contributed by atoms with van der Waals surface area (Å²) in [4.78, 5) is 37.0. The number of ether oxygens (including phenoxy) is 3. The zero-order valence-corrected chi connectivity index (χ0v) is 40.9. The molecule has 0 heterocycles. The van der Waals surface area contributed by atoms with Gasteiger partial charge < -0.3 is 28.6 Å². The monoisotopic (exact) mass is 888 g/mol. The van der Waals surface area contributed by atoms with Crippen molar-refractivity contribution in [1.29, 1.82) is 0 Å². The van der Waals surface area contributed by atoms with Crippen LogP contribution in [0, 0.1) is 0 Å². The Hall–Kier alpha value is -4.27. The second kappa shape index (κ2) is 45.3. The van der Waals surface area contributed by atoms with Crippen LogP contribution in [0.2, 0.25) is 0 Å². The smallest absolute Gasteiger partial charge is 0.306 e. The fraction of sp³-hybridized carbons (Fsp3) is 0.589. The number of rotatable bonds is 42. The van der Waals surface area contributed by atoms with Crippen LogP contribution in [0.25, 0.3) is 0 Å². The lowest BCUT2D eigenvalue weighted by atomic mass is 10.1. The molecule has 0 N–H and O–H groups in total. The van der Waals surface area contributed by atoms with Crippen molar-refractivity contribution in [1.82, 2.24) is 0 Å². The number of aliphatic carboxylic acids is 1. The minimum atomic E-state index is -1.14. The van der Waals surface area contributed by atoms with Crippen molar-refractivity contribution in [2.45, 2.75) is 174 Å². The molecule has 8 nitrogen and oxygen atoms in total. The van der Waals surface area contributed by atoms with Crippen molar-refractivity contribution in [3.63, 3.8) is 0 Å². The number of carbonyl (C=O) groups excluding carboxylic acids is 3. The first kappa shape index (κ1) is 59.7. The van der Waals surface area contributed by atoms with Gasteiger partial charge in [-0.15, -0.1) is 0 Å². The molecule has 0 aromatic rings. The van der Waals surface area contributed by atoms with Gasteiger partial charge in [-0.2, -0.15) is 0 Å². The molecule has 0 aliphatic rings. The average Bonchev–Trinajstić information content (AvgIpc) is 3.26. The highest BCUT2D eigenvalue weighted by atomic mass is 16.6. The van der Waals surface area contributed by atoms with E-state index in [0.717, 1.165) is 77.0 Å². The number of hydrogen-bond donors (Lipinski definition) is 0. The predicted octanol–water partition coefficient (Wildman–Crippen LogP) is 12.9. The number of esters is 2. The van der Waals surface area contributed by atoms with E-state index in [1.165, 1.54) is 44.9 Å². The van der Waals surface area contributed by atoms with Gasteiger partial charge >= 0.3 is 11.9 Å². The quantitative estimate of drug-likeness (QED) is 0.0198. The fourth-order valence-corrected chi connectivity index (χ4v) is 6.50. The lowest BCUT2D eigenvalue weighted by Crippen LogP contribution is -2.55. The van der Waals surface area contributed by atoms with Crippen LogP contribution in [0.4, 0.5) is 0 Å². The molecular weight excluding hydrogens is 799 g/mol. The number of nitrogens with zero attached hydrogens (tertiary/aromatic N) is 1. The number of hydrogen-bond acceptors (Lipinski definition) is 7. The first-order chi connectivity index (χ1) is 31.1. The van der Waals surface area contributed by atoms with Crippen LogP contribution in [0.5, 0.6) is 0 Å². The molecule has 2 unspecified atom stereocenters. The van der Waals surface area contributed by atoms with E-state index in [1.54, 1.807) is 21.1 Å². The molecule has 0 aromatic heterocycles. The van der Waals surface area contributed by atoms with Gasteiger partial charge in [0.15, 0.2) is 6.10 Å². The summed E-state index contributed by atoms with van der Waals surface area (Å²) in [6.45, 7) is 4.33. The molecule has 0 fully saturated rings. The Bertz CT molecular complexity index is 1450. The number of unbranched alkanes of at least 4 members (excludes halogenated alkanes) is 13. The van der Waals surface area contributed by atoms with E-state index in [4.69, 9.17) is 14.2 Å². The zero-order valence-electron chi connectivity index (χ0n) is 40.9. The molecule has 0 aliphatic carbocycles. The van der Waals surface area contributed by atoms with Gasteiger partial charge in [-0.25, -0.2) is 0 Å². The number of carboxylic acids is 1. The van der Waals surface area contributed by atoms with Crippen LogP contribution in [-0.2, 0) is 28.6 Å². The third-order valence-corrected chi connectivity index (χ3v) is 10.3. The summed E-state index contributed by atoms with van der Waals surface area (Å²) < 4.78 is 17.2. The number of quaternary nitrogens is 1. The molecule has 0 saturated heterocycles. The van der Waals surface area contributed by atoms with E-state index in [2.05, 4.69) is 74.6 Å². The van der Waals surface area contributed by atoms with Crippen molar-refractivity contribution in [2.75, 3.05) is 41.0 Å². The molecule has 0 aromatic carbocycles. The summed E-state index contributed by atoms with van der Waals surface area (Å²) in [5.41, 5.74) is 0. The van der Waals surface area contributed by atoms with E-state index >= 15 is 0 Å². The Balaban J connectivity index is 4.35. The number of likely N-dealkylation sites (N-methyl/N-ethyl adjacent to an activating group) is 1. The Kier molecular flexibility index (Phi) is 42.3. The van der Waals surface area contributed by atoms with Crippen molar-refractivity contribution in [3.05, 3.63) is 122 Å². The van der Waals surface area contributed by atoms with E-state index in [0.29, 0.717) is 12.8 Å². The van der Waals surface area contributed by atoms with Crippen molar-refractivity contribution in [3.8, 4) is 0 Å². The zero-order chi connectivity index (χ0) is 47.0. The summed E-state index contributed by atoms with van der Waals surface area (Å²) in [5.74, 6) is -1.81. The predicted molar refractivity (Wildman–Crippen MR) is 267 cm³/mol. The Morgan fingerprint density at radius 3 is 1.42 bits per heavy atom. The number of allylic oxidation sites excluding steroid dienone is 20. The molecule has 0 bridgehead atoms. The van der Waals surface area contributed by atoms with Gasteiger partial charge in [-0.3, -0.25) is 9.59 Å². The van der Waals surface area contributed by atoms with Gasteiger partial charge in [0.25, 0.3) is 0 Å².